The Morgan fingerprint density at radius 3 is 2.33 bits per heavy atom. The van der Waals surface area contributed by atoms with E-state index < -0.39 is 0 Å². The molecule has 1 rings (SSSR count). The van der Waals surface area contributed by atoms with Gasteiger partial charge in [0.2, 0.25) is 0 Å². The minimum atomic E-state index is 0.178. The summed E-state index contributed by atoms with van der Waals surface area (Å²) in [4.78, 5) is 2.29. The molecule has 0 heterocycles. The fourth-order valence-electron chi connectivity index (χ4n) is 1.51. The highest BCUT2D eigenvalue weighted by Gasteiger charge is 2.21. The van der Waals surface area contributed by atoms with E-state index in [4.69, 9.17) is 0 Å². The van der Waals surface area contributed by atoms with Crippen LogP contribution in [0.2, 0.25) is 0 Å². The maximum Gasteiger partial charge on any atom is 0.0429 e. The molecular formula is C14H21N. The molecule has 0 N–H and O–H groups in total. The summed E-state index contributed by atoms with van der Waals surface area (Å²) >= 11 is 0. The van der Waals surface area contributed by atoms with Gasteiger partial charge in [0.05, 0.1) is 0 Å². The summed E-state index contributed by atoms with van der Waals surface area (Å²) in [7, 11) is 0. The van der Waals surface area contributed by atoms with Crippen LogP contribution in [0.15, 0.2) is 43.1 Å². The monoisotopic (exact) mass is 203 g/mol. The first-order chi connectivity index (χ1) is 7.10. The van der Waals surface area contributed by atoms with E-state index in [9.17, 15) is 0 Å². The molecule has 0 amide bonds. The maximum atomic E-state index is 3.90. The van der Waals surface area contributed by atoms with Gasteiger partial charge < -0.3 is 4.90 Å². The highest BCUT2D eigenvalue weighted by atomic mass is 15.2. The third-order valence-electron chi connectivity index (χ3n) is 3.06. The van der Waals surface area contributed by atoms with Crippen LogP contribution in [0.3, 0.4) is 0 Å². The normalized spacial score (nSPS) is 11.1. The van der Waals surface area contributed by atoms with Gasteiger partial charge in [-0.2, -0.15) is 0 Å². The Labute approximate surface area is 93.4 Å². The molecule has 0 aliphatic heterocycles. The largest absolute Gasteiger partial charge is 0.369 e. The first-order valence-corrected chi connectivity index (χ1v) is 5.53. The molecular weight excluding hydrogens is 182 g/mol. The van der Waals surface area contributed by atoms with E-state index in [0.717, 1.165) is 13.0 Å². The minimum Gasteiger partial charge on any atom is -0.369 e. The van der Waals surface area contributed by atoms with Crippen molar-refractivity contribution in [1.82, 2.24) is 4.90 Å². The average molecular weight is 203 g/mol. The fraction of sp³-hybridized carbons (Fsp3) is 0.429. The van der Waals surface area contributed by atoms with Gasteiger partial charge in [0, 0.05) is 12.1 Å². The zero-order chi connectivity index (χ0) is 11.3. The van der Waals surface area contributed by atoms with E-state index in [0.29, 0.717) is 0 Å². The minimum absolute atomic E-state index is 0.178. The molecule has 0 fully saturated rings. The van der Waals surface area contributed by atoms with Crippen molar-refractivity contribution in [3.05, 3.63) is 48.7 Å². The van der Waals surface area contributed by atoms with Crippen molar-refractivity contribution in [1.29, 1.82) is 0 Å². The van der Waals surface area contributed by atoms with Crippen molar-refractivity contribution in [3.63, 3.8) is 0 Å². The van der Waals surface area contributed by atoms with E-state index in [1.807, 2.05) is 12.3 Å². The van der Waals surface area contributed by atoms with Gasteiger partial charge in [-0.15, -0.1) is 0 Å². The molecule has 0 saturated carbocycles. The Balaban J connectivity index is 2.74. The van der Waals surface area contributed by atoms with Crippen molar-refractivity contribution in [2.24, 2.45) is 0 Å². The Morgan fingerprint density at radius 1 is 1.27 bits per heavy atom. The van der Waals surface area contributed by atoms with Gasteiger partial charge in [0.15, 0.2) is 0 Å². The van der Waals surface area contributed by atoms with E-state index in [1.165, 1.54) is 5.56 Å². The van der Waals surface area contributed by atoms with Crippen molar-refractivity contribution in [2.75, 3.05) is 0 Å². The molecule has 0 aromatic heterocycles. The highest BCUT2D eigenvalue weighted by Crippen LogP contribution is 2.21. The zero-order valence-electron chi connectivity index (χ0n) is 10.0. The lowest BCUT2D eigenvalue weighted by Gasteiger charge is -2.37. The summed E-state index contributed by atoms with van der Waals surface area (Å²) < 4.78 is 0. The van der Waals surface area contributed by atoms with E-state index in [1.54, 1.807) is 0 Å². The predicted octanol–water partition coefficient (Wildman–Crippen LogP) is 3.82. The predicted molar refractivity (Wildman–Crippen MR) is 66.6 cm³/mol. The van der Waals surface area contributed by atoms with Crippen LogP contribution in [0.5, 0.6) is 0 Å². The molecule has 0 aliphatic rings. The molecule has 1 aromatic carbocycles. The smallest absolute Gasteiger partial charge is 0.0429 e. The topological polar surface area (TPSA) is 3.24 Å². The molecule has 0 radical (unpaired) electrons. The highest BCUT2D eigenvalue weighted by molar-refractivity contribution is 5.15. The standard InChI is InChI=1S/C14H21N/c1-5-14(3,4)15(6-2)12-13-10-8-7-9-11-13/h6-11H,2,5,12H2,1,3-4H3. The Kier molecular flexibility index (Phi) is 3.96. The summed E-state index contributed by atoms with van der Waals surface area (Å²) in [5, 5.41) is 0. The number of hydrogen-bond acceptors (Lipinski definition) is 1. The molecule has 1 aromatic rings. The summed E-state index contributed by atoms with van der Waals surface area (Å²) in [6.07, 6.45) is 3.06. The Morgan fingerprint density at radius 2 is 1.87 bits per heavy atom. The number of benzene rings is 1. The van der Waals surface area contributed by atoms with Gasteiger partial charge in [-0.1, -0.05) is 43.8 Å². The van der Waals surface area contributed by atoms with E-state index in [2.05, 4.69) is 56.5 Å². The maximum absolute atomic E-state index is 3.90. The second-order valence-corrected chi connectivity index (χ2v) is 4.46. The van der Waals surface area contributed by atoms with Crippen LogP contribution in [0.4, 0.5) is 0 Å². The van der Waals surface area contributed by atoms with Gasteiger partial charge in [0.25, 0.3) is 0 Å². The SMILES string of the molecule is C=CN(Cc1ccccc1)C(C)(C)CC. The molecule has 0 spiro atoms. The summed E-state index contributed by atoms with van der Waals surface area (Å²) in [5.74, 6) is 0. The molecule has 82 valence electrons. The molecule has 15 heavy (non-hydrogen) atoms. The van der Waals surface area contributed by atoms with Crippen LogP contribution in [-0.4, -0.2) is 10.4 Å². The average Bonchev–Trinajstić information content (AvgIpc) is 2.27. The third-order valence-corrected chi connectivity index (χ3v) is 3.06. The van der Waals surface area contributed by atoms with Gasteiger partial charge in [-0.25, -0.2) is 0 Å². The zero-order valence-corrected chi connectivity index (χ0v) is 10.0. The summed E-state index contributed by atoms with van der Waals surface area (Å²) in [6.45, 7) is 11.5. The quantitative estimate of drug-likeness (QED) is 0.703. The van der Waals surface area contributed by atoms with Gasteiger partial charge >= 0.3 is 0 Å². The van der Waals surface area contributed by atoms with Gasteiger partial charge in [-0.3, -0.25) is 0 Å². The van der Waals surface area contributed by atoms with Crippen molar-refractivity contribution in [2.45, 2.75) is 39.3 Å². The fourth-order valence-corrected chi connectivity index (χ4v) is 1.51. The van der Waals surface area contributed by atoms with Crippen LogP contribution in [0, 0.1) is 0 Å². The molecule has 0 unspecified atom stereocenters. The van der Waals surface area contributed by atoms with Crippen LogP contribution in [0.25, 0.3) is 0 Å². The van der Waals surface area contributed by atoms with Crippen LogP contribution < -0.4 is 0 Å². The van der Waals surface area contributed by atoms with Crippen molar-refractivity contribution < 1.29 is 0 Å². The Hall–Kier alpha value is -1.24. The van der Waals surface area contributed by atoms with Crippen LogP contribution >= 0.6 is 0 Å². The van der Waals surface area contributed by atoms with Gasteiger partial charge in [0.1, 0.15) is 0 Å². The molecule has 0 bridgehead atoms. The van der Waals surface area contributed by atoms with E-state index in [-0.39, 0.29) is 5.54 Å². The first kappa shape index (κ1) is 11.8. The number of nitrogens with zero attached hydrogens (tertiary/aromatic N) is 1. The lowest BCUT2D eigenvalue weighted by Crippen LogP contribution is -2.38. The number of rotatable bonds is 5. The van der Waals surface area contributed by atoms with Gasteiger partial charge in [-0.05, 0) is 32.0 Å². The number of hydrogen-bond donors (Lipinski definition) is 0. The van der Waals surface area contributed by atoms with Crippen molar-refractivity contribution in [3.8, 4) is 0 Å². The molecule has 1 heteroatoms. The summed E-state index contributed by atoms with van der Waals surface area (Å²) in [5.41, 5.74) is 1.51. The lowest BCUT2D eigenvalue weighted by atomic mass is 9.99. The second-order valence-electron chi connectivity index (χ2n) is 4.46. The third kappa shape index (κ3) is 3.12. The summed E-state index contributed by atoms with van der Waals surface area (Å²) in [6, 6.07) is 10.5. The van der Waals surface area contributed by atoms with E-state index >= 15 is 0 Å². The first-order valence-electron chi connectivity index (χ1n) is 5.53. The molecule has 0 aliphatic carbocycles. The molecule has 0 saturated heterocycles. The molecule has 1 nitrogen and oxygen atoms in total. The second kappa shape index (κ2) is 5.01. The van der Waals surface area contributed by atoms with Crippen molar-refractivity contribution >= 4 is 0 Å². The molecule has 0 atom stereocenters. The van der Waals surface area contributed by atoms with Crippen LogP contribution in [-0.2, 0) is 6.54 Å². The van der Waals surface area contributed by atoms with Crippen LogP contribution in [0.1, 0.15) is 32.8 Å². The Bertz CT molecular complexity index is 300. The lowest BCUT2D eigenvalue weighted by molar-refractivity contribution is 0.171.